The first-order chi connectivity index (χ1) is 8.63. The molecule has 1 aliphatic heterocycles. The molecule has 0 saturated heterocycles. The average Bonchev–Trinajstić information content (AvgIpc) is 2.76. The molecule has 0 bridgehead atoms. The second-order valence-electron chi connectivity index (χ2n) is 3.91. The summed E-state index contributed by atoms with van der Waals surface area (Å²) >= 11 is 1.24. The maximum Gasteiger partial charge on any atom is 0.235 e. The molecule has 0 aliphatic carbocycles. The fraction of sp³-hybridized carbons (Fsp3) is 0.333. The zero-order chi connectivity index (χ0) is 13.1. The van der Waals surface area contributed by atoms with Crippen molar-refractivity contribution in [3.8, 4) is 5.75 Å². The van der Waals surface area contributed by atoms with E-state index < -0.39 is 0 Å². The Labute approximate surface area is 109 Å². The van der Waals surface area contributed by atoms with Crippen LogP contribution >= 0.6 is 11.8 Å². The molecule has 1 aromatic heterocycles. The number of aliphatic hydroxyl groups is 1. The first-order valence-electron chi connectivity index (χ1n) is 5.51. The maximum atomic E-state index is 11.4. The summed E-state index contributed by atoms with van der Waals surface area (Å²) in [6.07, 6.45) is 3.17. The Kier molecular flexibility index (Phi) is 3.88. The smallest absolute Gasteiger partial charge is 0.235 e. The third-order valence-corrected chi connectivity index (χ3v) is 3.64. The molecule has 0 radical (unpaired) electrons. The number of aryl methyl sites for hydroxylation is 1. The van der Waals surface area contributed by atoms with Gasteiger partial charge in [-0.05, 0) is 13.0 Å². The van der Waals surface area contributed by atoms with Crippen LogP contribution in [0, 0.1) is 6.92 Å². The van der Waals surface area contributed by atoms with Gasteiger partial charge < -0.3 is 15.5 Å². The Balaban J connectivity index is 2.18. The fourth-order valence-corrected chi connectivity index (χ4v) is 2.50. The van der Waals surface area contributed by atoms with Crippen molar-refractivity contribution in [2.45, 2.75) is 20.1 Å². The molecule has 1 aliphatic rings. The van der Waals surface area contributed by atoms with Crippen LogP contribution in [0.5, 0.6) is 5.75 Å². The van der Waals surface area contributed by atoms with Gasteiger partial charge in [0.2, 0.25) is 5.12 Å². The van der Waals surface area contributed by atoms with Crippen molar-refractivity contribution < 1.29 is 15.0 Å². The summed E-state index contributed by atoms with van der Waals surface area (Å²) in [6.45, 7) is 1.87. The third kappa shape index (κ3) is 2.49. The molecule has 0 saturated carbocycles. The molecule has 0 atom stereocenters. The van der Waals surface area contributed by atoms with Crippen LogP contribution in [0.15, 0.2) is 18.0 Å². The number of rotatable bonds is 4. The molecule has 2 rings (SSSR count). The van der Waals surface area contributed by atoms with E-state index in [2.05, 4.69) is 10.3 Å². The number of aliphatic hydroxyl groups excluding tert-OH is 1. The van der Waals surface area contributed by atoms with Gasteiger partial charge in [0.05, 0.1) is 18.5 Å². The zero-order valence-corrected chi connectivity index (χ0v) is 10.8. The van der Waals surface area contributed by atoms with Crippen LogP contribution in [0.1, 0.15) is 16.8 Å². The molecule has 5 nitrogen and oxygen atoms in total. The molecule has 0 aromatic carbocycles. The van der Waals surface area contributed by atoms with Gasteiger partial charge in [0.25, 0.3) is 0 Å². The van der Waals surface area contributed by atoms with Crippen molar-refractivity contribution >= 4 is 16.9 Å². The lowest BCUT2D eigenvalue weighted by atomic mass is 10.1. The molecule has 0 spiro atoms. The first kappa shape index (κ1) is 12.9. The van der Waals surface area contributed by atoms with Crippen LogP contribution in [0.25, 0.3) is 0 Å². The Hall–Kier alpha value is -1.53. The summed E-state index contributed by atoms with van der Waals surface area (Å²) in [7, 11) is 0. The number of thioether (sulfide) groups is 1. The predicted octanol–water partition coefficient (Wildman–Crippen LogP) is 0.835. The van der Waals surface area contributed by atoms with Crippen LogP contribution in [-0.2, 0) is 17.9 Å². The minimum Gasteiger partial charge on any atom is -0.506 e. The SMILES string of the molecule is Cc1ncc(O)c(CNC2=CCSC2=O)c1CO. The van der Waals surface area contributed by atoms with Crippen molar-refractivity contribution in [3.05, 3.63) is 34.8 Å². The molecule has 1 aromatic rings. The molecule has 96 valence electrons. The summed E-state index contributed by atoms with van der Waals surface area (Å²) in [5.74, 6) is 0.700. The van der Waals surface area contributed by atoms with Gasteiger partial charge in [-0.15, -0.1) is 0 Å². The van der Waals surface area contributed by atoms with Crippen LogP contribution in [-0.4, -0.2) is 26.1 Å². The lowest BCUT2D eigenvalue weighted by Gasteiger charge is -2.13. The molecular formula is C12H14N2O3S. The van der Waals surface area contributed by atoms with Gasteiger partial charge in [-0.3, -0.25) is 9.78 Å². The van der Waals surface area contributed by atoms with Crippen molar-refractivity contribution in [2.24, 2.45) is 0 Å². The highest BCUT2D eigenvalue weighted by Crippen LogP contribution is 2.24. The quantitative estimate of drug-likeness (QED) is 0.749. The molecule has 18 heavy (non-hydrogen) atoms. The highest BCUT2D eigenvalue weighted by molar-refractivity contribution is 8.14. The first-order valence-corrected chi connectivity index (χ1v) is 6.50. The largest absolute Gasteiger partial charge is 0.506 e. The van der Waals surface area contributed by atoms with E-state index in [-0.39, 0.29) is 17.5 Å². The minimum absolute atomic E-state index is 0.00539. The van der Waals surface area contributed by atoms with Crippen LogP contribution in [0.4, 0.5) is 0 Å². The summed E-state index contributed by atoms with van der Waals surface area (Å²) in [5, 5.41) is 22.1. The van der Waals surface area contributed by atoms with E-state index in [0.717, 1.165) is 0 Å². The maximum absolute atomic E-state index is 11.4. The molecule has 0 fully saturated rings. The normalized spacial score (nSPS) is 14.8. The lowest BCUT2D eigenvalue weighted by Crippen LogP contribution is -2.17. The number of nitrogens with one attached hydrogen (secondary N) is 1. The number of hydrogen-bond acceptors (Lipinski definition) is 6. The number of aromatic nitrogens is 1. The van der Waals surface area contributed by atoms with Gasteiger partial charge in [-0.2, -0.15) is 0 Å². The zero-order valence-electron chi connectivity index (χ0n) is 9.93. The minimum atomic E-state index is -0.189. The number of aromatic hydroxyl groups is 1. The topological polar surface area (TPSA) is 82.5 Å². The molecule has 0 unspecified atom stereocenters. The number of carbonyl (C=O) groups excluding carboxylic acids is 1. The van der Waals surface area contributed by atoms with Crippen molar-refractivity contribution in [3.63, 3.8) is 0 Å². The van der Waals surface area contributed by atoms with Gasteiger partial charge in [0.15, 0.2) is 0 Å². The van der Waals surface area contributed by atoms with E-state index in [4.69, 9.17) is 0 Å². The Morgan fingerprint density at radius 3 is 2.89 bits per heavy atom. The predicted molar refractivity (Wildman–Crippen MR) is 68.9 cm³/mol. The van der Waals surface area contributed by atoms with Crippen molar-refractivity contribution in [2.75, 3.05) is 5.75 Å². The molecule has 0 amide bonds. The third-order valence-electron chi connectivity index (χ3n) is 2.83. The van der Waals surface area contributed by atoms with Gasteiger partial charge in [0, 0.05) is 29.1 Å². The number of carbonyl (C=O) groups is 1. The summed E-state index contributed by atoms with van der Waals surface area (Å²) in [5.41, 5.74) is 2.41. The number of nitrogens with zero attached hydrogens (tertiary/aromatic N) is 1. The van der Waals surface area contributed by atoms with Gasteiger partial charge >= 0.3 is 0 Å². The van der Waals surface area contributed by atoms with Crippen LogP contribution < -0.4 is 5.32 Å². The second kappa shape index (κ2) is 5.41. The van der Waals surface area contributed by atoms with E-state index in [1.54, 1.807) is 6.92 Å². The molecular weight excluding hydrogens is 252 g/mol. The number of hydrogen-bond donors (Lipinski definition) is 3. The van der Waals surface area contributed by atoms with E-state index in [9.17, 15) is 15.0 Å². The van der Waals surface area contributed by atoms with E-state index in [1.807, 2.05) is 6.08 Å². The molecule has 3 N–H and O–H groups in total. The highest BCUT2D eigenvalue weighted by atomic mass is 32.2. The van der Waals surface area contributed by atoms with Gasteiger partial charge in [-0.25, -0.2) is 0 Å². The van der Waals surface area contributed by atoms with E-state index in [0.29, 0.717) is 34.8 Å². The van der Waals surface area contributed by atoms with Gasteiger partial charge in [0.1, 0.15) is 5.75 Å². The Morgan fingerprint density at radius 1 is 1.50 bits per heavy atom. The van der Waals surface area contributed by atoms with Gasteiger partial charge in [-0.1, -0.05) is 11.8 Å². The van der Waals surface area contributed by atoms with Crippen molar-refractivity contribution in [1.82, 2.24) is 10.3 Å². The Bertz CT molecular complexity index is 514. The van der Waals surface area contributed by atoms with E-state index in [1.165, 1.54) is 18.0 Å². The monoisotopic (exact) mass is 266 g/mol. The Morgan fingerprint density at radius 2 is 2.28 bits per heavy atom. The summed E-state index contributed by atoms with van der Waals surface area (Å²) in [4.78, 5) is 15.4. The lowest BCUT2D eigenvalue weighted by molar-refractivity contribution is -0.108. The summed E-state index contributed by atoms with van der Waals surface area (Å²) < 4.78 is 0. The highest BCUT2D eigenvalue weighted by Gasteiger charge is 2.17. The molecule has 2 heterocycles. The summed E-state index contributed by atoms with van der Waals surface area (Å²) in [6, 6.07) is 0. The van der Waals surface area contributed by atoms with Crippen LogP contribution in [0.3, 0.4) is 0 Å². The average molecular weight is 266 g/mol. The number of pyridine rings is 1. The van der Waals surface area contributed by atoms with Crippen molar-refractivity contribution in [1.29, 1.82) is 0 Å². The fourth-order valence-electron chi connectivity index (χ4n) is 1.78. The molecule has 6 heteroatoms. The standard InChI is InChI=1S/C12H14N2O3S/c1-7-9(6-15)8(11(16)5-13-7)4-14-10-2-3-18-12(10)17/h2,5,14-16H,3-4,6H2,1H3. The van der Waals surface area contributed by atoms with E-state index >= 15 is 0 Å². The van der Waals surface area contributed by atoms with Crippen LogP contribution in [0.2, 0.25) is 0 Å². The second-order valence-corrected chi connectivity index (χ2v) is 4.91.